The standard InChI is InChI=1S/C15H21N3S/c1-11-5-3-7-13(9-11)16-15(19)18-17-14-8-4-6-12(2)10-14/h3,5,7,9,12H,4,6,8,10H2,1-2H3,(H2,16,18,19). The van der Waals surface area contributed by atoms with Gasteiger partial charge >= 0.3 is 0 Å². The molecule has 1 aliphatic rings. The molecule has 0 amide bonds. The van der Waals surface area contributed by atoms with Gasteiger partial charge in [-0.15, -0.1) is 0 Å². The zero-order valence-electron chi connectivity index (χ0n) is 11.6. The van der Waals surface area contributed by atoms with Gasteiger partial charge in [0, 0.05) is 11.4 Å². The van der Waals surface area contributed by atoms with Gasteiger partial charge in [0.25, 0.3) is 0 Å². The van der Waals surface area contributed by atoms with Crippen molar-refractivity contribution in [3.8, 4) is 0 Å². The molecule has 1 unspecified atom stereocenters. The Hall–Kier alpha value is -1.42. The van der Waals surface area contributed by atoms with Crippen LogP contribution in [0.25, 0.3) is 0 Å². The predicted octanol–water partition coefficient (Wildman–Crippen LogP) is 3.85. The molecular weight excluding hydrogens is 254 g/mol. The van der Waals surface area contributed by atoms with Gasteiger partial charge in [-0.25, -0.2) is 0 Å². The van der Waals surface area contributed by atoms with Crippen molar-refractivity contribution in [3.63, 3.8) is 0 Å². The minimum atomic E-state index is 0.552. The first-order valence-electron chi connectivity index (χ1n) is 6.82. The Morgan fingerprint density at radius 2 is 2.26 bits per heavy atom. The van der Waals surface area contributed by atoms with E-state index in [0.29, 0.717) is 5.11 Å². The van der Waals surface area contributed by atoms with Crippen LogP contribution in [0.5, 0.6) is 0 Å². The second kappa shape index (κ2) is 6.66. The minimum Gasteiger partial charge on any atom is -0.331 e. The number of aryl methyl sites for hydroxylation is 1. The van der Waals surface area contributed by atoms with E-state index < -0.39 is 0 Å². The van der Waals surface area contributed by atoms with Crippen LogP contribution in [-0.4, -0.2) is 10.8 Å². The first-order valence-corrected chi connectivity index (χ1v) is 7.23. The highest BCUT2D eigenvalue weighted by Gasteiger charge is 2.13. The molecule has 1 aromatic carbocycles. The highest BCUT2D eigenvalue weighted by molar-refractivity contribution is 7.80. The minimum absolute atomic E-state index is 0.552. The third kappa shape index (κ3) is 4.63. The van der Waals surface area contributed by atoms with Crippen LogP contribution in [0.2, 0.25) is 0 Å². The van der Waals surface area contributed by atoms with Crippen LogP contribution in [0.3, 0.4) is 0 Å². The van der Waals surface area contributed by atoms with E-state index in [-0.39, 0.29) is 0 Å². The summed E-state index contributed by atoms with van der Waals surface area (Å²) in [5.41, 5.74) is 6.38. The maximum absolute atomic E-state index is 5.25. The predicted molar refractivity (Wildman–Crippen MR) is 85.6 cm³/mol. The average Bonchev–Trinajstić information content (AvgIpc) is 2.36. The maximum atomic E-state index is 5.25. The van der Waals surface area contributed by atoms with E-state index in [1.807, 2.05) is 12.1 Å². The van der Waals surface area contributed by atoms with Gasteiger partial charge in [-0.3, -0.25) is 5.43 Å². The second-order valence-corrected chi connectivity index (χ2v) is 5.72. The average molecular weight is 275 g/mol. The van der Waals surface area contributed by atoms with Crippen molar-refractivity contribution >= 4 is 28.7 Å². The lowest BCUT2D eigenvalue weighted by atomic mass is 9.89. The lowest BCUT2D eigenvalue weighted by molar-refractivity contribution is 0.498. The molecule has 0 radical (unpaired) electrons. The fraction of sp³-hybridized carbons (Fsp3) is 0.467. The zero-order valence-corrected chi connectivity index (χ0v) is 12.4. The molecule has 0 bridgehead atoms. The van der Waals surface area contributed by atoms with Crippen molar-refractivity contribution in [2.45, 2.75) is 39.5 Å². The number of nitrogens with zero attached hydrogens (tertiary/aromatic N) is 1. The molecule has 1 aromatic rings. The van der Waals surface area contributed by atoms with E-state index in [2.05, 4.69) is 41.8 Å². The Bertz CT molecular complexity index is 482. The number of hydrogen-bond donors (Lipinski definition) is 2. The number of hydrogen-bond acceptors (Lipinski definition) is 2. The number of hydrazone groups is 1. The normalized spacial score (nSPS) is 21.2. The van der Waals surface area contributed by atoms with Crippen LogP contribution in [0.15, 0.2) is 29.4 Å². The van der Waals surface area contributed by atoms with Crippen molar-refractivity contribution in [1.29, 1.82) is 0 Å². The fourth-order valence-electron chi connectivity index (χ4n) is 2.37. The van der Waals surface area contributed by atoms with E-state index in [1.165, 1.54) is 24.1 Å². The number of nitrogens with one attached hydrogen (secondary N) is 2. The number of thiocarbonyl (C=S) groups is 1. The second-order valence-electron chi connectivity index (χ2n) is 5.31. The zero-order chi connectivity index (χ0) is 13.7. The van der Waals surface area contributed by atoms with Crippen LogP contribution in [0.1, 0.15) is 38.2 Å². The number of anilines is 1. The molecule has 0 heterocycles. The largest absolute Gasteiger partial charge is 0.331 e. The van der Waals surface area contributed by atoms with Crippen LogP contribution >= 0.6 is 12.2 Å². The molecule has 102 valence electrons. The highest BCUT2D eigenvalue weighted by Crippen LogP contribution is 2.20. The number of rotatable bonds is 2. The first kappa shape index (κ1) is 14.0. The Morgan fingerprint density at radius 3 is 3.00 bits per heavy atom. The van der Waals surface area contributed by atoms with E-state index in [9.17, 15) is 0 Å². The summed E-state index contributed by atoms with van der Waals surface area (Å²) in [7, 11) is 0. The van der Waals surface area contributed by atoms with Crippen molar-refractivity contribution < 1.29 is 0 Å². The van der Waals surface area contributed by atoms with Gasteiger partial charge in [-0.05, 0) is 68.4 Å². The smallest absolute Gasteiger partial charge is 0.191 e. The summed E-state index contributed by atoms with van der Waals surface area (Å²) >= 11 is 5.25. The topological polar surface area (TPSA) is 36.4 Å². The molecule has 2 N–H and O–H groups in total. The molecule has 3 nitrogen and oxygen atoms in total. The monoisotopic (exact) mass is 275 g/mol. The molecule has 1 aliphatic carbocycles. The quantitative estimate of drug-likeness (QED) is 0.636. The summed E-state index contributed by atoms with van der Waals surface area (Å²) in [6.45, 7) is 4.34. The van der Waals surface area contributed by atoms with Crippen molar-refractivity contribution in [2.75, 3.05) is 5.32 Å². The Balaban J connectivity index is 1.86. The Labute approximate surface area is 120 Å². The van der Waals surface area contributed by atoms with Gasteiger partial charge in [0.1, 0.15) is 0 Å². The van der Waals surface area contributed by atoms with Gasteiger partial charge in [0.05, 0.1) is 0 Å². The molecule has 0 aliphatic heterocycles. The summed E-state index contributed by atoms with van der Waals surface area (Å²) in [5, 5.41) is 8.11. The lowest BCUT2D eigenvalue weighted by Gasteiger charge is -2.19. The van der Waals surface area contributed by atoms with Gasteiger partial charge in [0.15, 0.2) is 5.11 Å². The molecule has 4 heteroatoms. The summed E-state index contributed by atoms with van der Waals surface area (Å²) < 4.78 is 0. The van der Waals surface area contributed by atoms with Gasteiger partial charge in [-0.1, -0.05) is 19.1 Å². The van der Waals surface area contributed by atoms with Gasteiger partial charge < -0.3 is 5.32 Å². The fourth-order valence-corrected chi connectivity index (χ4v) is 2.54. The van der Waals surface area contributed by atoms with Crippen LogP contribution in [0, 0.1) is 12.8 Å². The molecule has 1 fully saturated rings. The summed E-state index contributed by atoms with van der Waals surface area (Å²) in [6.07, 6.45) is 4.72. The van der Waals surface area contributed by atoms with Crippen molar-refractivity contribution in [1.82, 2.24) is 5.43 Å². The van der Waals surface area contributed by atoms with Gasteiger partial charge in [0.2, 0.25) is 0 Å². The lowest BCUT2D eigenvalue weighted by Crippen LogP contribution is -2.26. The van der Waals surface area contributed by atoms with Crippen LogP contribution in [-0.2, 0) is 0 Å². The molecule has 0 saturated heterocycles. The van der Waals surface area contributed by atoms with Gasteiger partial charge in [-0.2, -0.15) is 5.10 Å². The van der Waals surface area contributed by atoms with Crippen LogP contribution < -0.4 is 10.7 Å². The SMILES string of the molecule is Cc1cccc(NC(=S)NN=C2CCCC(C)C2)c1. The first-order chi connectivity index (χ1) is 9.13. The van der Waals surface area contributed by atoms with Crippen LogP contribution in [0.4, 0.5) is 5.69 Å². The molecule has 1 atom stereocenters. The summed E-state index contributed by atoms with van der Waals surface area (Å²) in [5.74, 6) is 0.743. The third-order valence-corrected chi connectivity index (χ3v) is 3.53. The van der Waals surface area contributed by atoms with E-state index >= 15 is 0 Å². The third-order valence-electron chi connectivity index (χ3n) is 3.34. The molecule has 2 rings (SSSR count). The molecule has 0 aromatic heterocycles. The van der Waals surface area contributed by atoms with E-state index in [1.54, 1.807) is 0 Å². The van der Waals surface area contributed by atoms with Crippen molar-refractivity contribution in [2.24, 2.45) is 11.0 Å². The molecule has 0 spiro atoms. The molecule has 1 saturated carbocycles. The van der Waals surface area contributed by atoms with Crippen molar-refractivity contribution in [3.05, 3.63) is 29.8 Å². The summed E-state index contributed by atoms with van der Waals surface area (Å²) in [6, 6.07) is 8.13. The number of benzene rings is 1. The Morgan fingerprint density at radius 1 is 1.42 bits per heavy atom. The molecule has 19 heavy (non-hydrogen) atoms. The summed E-state index contributed by atoms with van der Waals surface area (Å²) in [4.78, 5) is 0. The Kier molecular flexibility index (Phi) is 4.91. The highest BCUT2D eigenvalue weighted by atomic mass is 32.1. The van der Waals surface area contributed by atoms with E-state index in [4.69, 9.17) is 12.2 Å². The van der Waals surface area contributed by atoms with E-state index in [0.717, 1.165) is 24.4 Å². The molecular formula is C15H21N3S. The maximum Gasteiger partial charge on any atom is 0.191 e.